The number of hydrogen-bond acceptors (Lipinski definition) is 4. The monoisotopic (exact) mass is 335 g/mol. The molecule has 0 bridgehead atoms. The Morgan fingerprint density at radius 1 is 1.38 bits per heavy atom. The zero-order valence-electron chi connectivity index (χ0n) is 12.8. The quantitative estimate of drug-likeness (QED) is 0.831. The van der Waals surface area contributed by atoms with Gasteiger partial charge in [0.25, 0.3) is 0 Å². The molecule has 0 aliphatic rings. The third-order valence-electron chi connectivity index (χ3n) is 3.08. The summed E-state index contributed by atoms with van der Waals surface area (Å²) in [4.78, 5) is -0.0105. The maximum absolute atomic E-state index is 12.9. The number of rotatable bonds is 7. The van der Waals surface area contributed by atoms with Crippen molar-refractivity contribution in [3.05, 3.63) is 22.7 Å². The lowest BCUT2D eigenvalue weighted by atomic mass is 10.2. The van der Waals surface area contributed by atoms with Crippen molar-refractivity contribution in [2.24, 2.45) is 0 Å². The zero-order chi connectivity index (χ0) is 16.2. The van der Waals surface area contributed by atoms with Crippen LogP contribution in [0.25, 0.3) is 0 Å². The molecule has 0 saturated carbocycles. The second-order valence-electron chi connectivity index (χ2n) is 4.96. The summed E-state index contributed by atoms with van der Waals surface area (Å²) < 4.78 is 32.3. The van der Waals surface area contributed by atoms with Gasteiger partial charge in [0, 0.05) is 23.2 Å². The summed E-state index contributed by atoms with van der Waals surface area (Å²) >= 11 is 5.98. The average molecular weight is 336 g/mol. The molecule has 1 rings (SSSR count). The summed E-state index contributed by atoms with van der Waals surface area (Å²) in [7, 11) is -2.37. The molecule has 1 aromatic rings. The summed E-state index contributed by atoms with van der Waals surface area (Å²) in [6.07, 6.45) is 0.702. The summed E-state index contributed by atoms with van der Waals surface area (Å²) in [5.74, 6) is 0.142. The summed E-state index contributed by atoms with van der Waals surface area (Å²) in [6.45, 7) is 5.61. The highest BCUT2D eigenvalue weighted by molar-refractivity contribution is 7.89. The van der Waals surface area contributed by atoms with Crippen LogP contribution >= 0.6 is 11.6 Å². The molecule has 0 aromatic heterocycles. The van der Waals surface area contributed by atoms with Crippen molar-refractivity contribution >= 4 is 21.6 Å². The fourth-order valence-corrected chi connectivity index (χ4v) is 4.43. The molecule has 0 heterocycles. The maximum atomic E-state index is 12.9. The molecular weight excluding hydrogens is 314 g/mol. The van der Waals surface area contributed by atoms with Gasteiger partial charge in [0.05, 0.1) is 13.7 Å². The minimum atomic E-state index is -3.75. The van der Waals surface area contributed by atoms with Crippen LogP contribution in [-0.2, 0) is 16.6 Å². The van der Waals surface area contributed by atoms with Gasteiger partial charge in [-0.1, -0.05) is 18.5 Å². The van der Waals surface area contributed by atoms with E-state index in [1.165, 1.54) is 23.5 Å². The predicted octanol–water partition coefficient (Wildman–Crippen LogP) is 2.65. The van der Waals surface area contributed by atoms with E-state index in [1.807, 2.05) is 20.8 Å². The number of nitrogens with zero attached hydrogens (tertiary/aromatic N) is 1. The van der Waals surface area contributed by atoms with Crippen LogP contribution in [-0.4, -0.2) is 37.5 Å². The van der Waals surface area contributed by atoms with E-state index in [-0.39, 0.29) is 28.3 Å². The molecule has 0 saturated heterocycles. The lowest BCUT2D eigenvalue weighted by Gasteiger charge is -2.26. The predicted molar refractivity (Wildman–Crippen MR) is 83.2 cm³/mol. The molecule has 120 valence electrons. The van der Waals surface area contributed by atoms with Crippen LogP contribution < -0.4 is 4.74 Å². The molecule has 0 spiro atoms. The Labute approximate surface area is 131 Å². The van der Waals surface area contributed by atoms with Gasteiger partial charge in [-0.05, 0) is 32.4 Å². The Morgan fingerprint density at radius 2 is 2.00 bits per heavy atom. The Kier molecular flexibility index (Phi) is 6.46. The number of benzene rings is 1. The molecule has 1 aromatic carbocycles. The highest BCUT2D eigenvalue weighted by Gasteiger charge is 2.30. The van der Waals surface area contributed by atoms with Crippen molar-refractivity contribution < 1.29 is 18.3 Å². The smallest absolute Gasteiger partial charge is 0.247 e. The normalized spacial score (nSPS) is 12.2. The van der Waals surface area contributed by atoms with Crippen LogP contribution in [0.15, 0.2) is 17.0 Å². The summed E-state index contributed by atoms with van der Waals surface area (Å²) in [6, 6.07) is 2.68. The van der Waals surface area contributed by atoms with E-state index in [0.717, 1.165) is 0 Å². The van der Waals surface area contributed by atoms with E-state index >= 15 is 0 Å². The van der Waals surface area contributed by atoms with Gasteiger partial charge >= 0.3 is 0 Å². The van der Waals surface area contributed by atoms with Crippen LogP contribution in [0.5, 0.6) is 5.75 Å². The second kappa shape index (κ2) is 7.45. The van der Waals surface area contributed by atoms with Crippen molar-refractivity contribution in [2.45, 2.75) is 44.7 Å². The number of aliphatic hydroxyl groups is 1. The molecule has 0 atom stereocenters. The highest BCUT2D eigenvalue weighted by atomic mass is 35.5. The van der Waals surface area contributed by atoms with Gasteiger partial charge in [-0.2, -0.15) is 4.31 Å². The van der Waals surface area contributed by atoms with E-state index in [9.17, 15) is 13.5 Å². The molecule has 7 heteroatoms. The molecule has 0 aliphatic heterocycles. The standard InChI is InChI=1S/C14H22ClNO4S/c1-5-6-16(10(2)3)21(18,19)13-8-12(15)7-11(9-17)14(13)20-4/h7-8,10,17H,5-6,9H2,1-4H3. The average Bonchev–Trinajstić information content (AvgIpc) is 2.42. The number of aliphatic hydroxyl groups excluding tert-OH is 1. The van der Waals surface area contributed by atoms with Crippen molar-refractivity contribution in [1.29, 1.82) is 0 Å². The molecular formula is C14H22ClNO4S. The highest BCUT2D eigenvalue weighted by Crippen LogP contribution is 2.34. The van der Waals surface area contributed by atoms with Gasteiger partial charge in [-0.3, -0.25) is 0 Å². The molecule has 0 fully saturated rings. The van der Waals surface area contributed by atoms with Crippen LogP contribution in [0.3, 0.4) is 0 Å². The number of methoxy groups -OCH3 is 1. The summed E-state index contributed by atoms with van der Waals surface area (Å²) in [5.41, 5.74) is 0.351. The molecule has 0 radical (unpaired) electrons. The first-order valence-corrected chi connectivity index (χ1v) is 8.60. The first-order valence-electron chi connectivity index (χ1n) is 6.78. The minimum Gasteiger partial charge on any atom is -0.495 e. The molecule has 0 unspecified atom stereocenters. The number of hydrogen-bond donors (Lipinski definition) is 1. The van der Waals surface area contributed by atoms with Crippen molar-refractivity contribution in [1.82, 2.24) is 4.31 Å². The second-order valence-corrected chi connectivity index (χ2v) is 7.26. The first kappa shape index (κ1) is 18.2. The number of sulfonamides is 1. The van der Waals surface area contributed by atoms with Crippen molar-refractivity contribution in [2.75, 3.05) is 13.7 Å². The first-order chi connectivity index (χ1) is 9.79. The Morgan fingerprint density at radius 3 is 2.43 bits per heavy atom. The topological polar surface area (TPSA) is 66.8 Å². The summed E-state index contributed by atoms with van der Waals surface area (Å²) in [5, 5.41) is 9.62. The zero-order valence-corrected chi connectivity index (χ0v) is 14.3. The number of ether oxygens (including phenoxy) is 1. The van der Waals surface area contributed by atoms with Gasteiger partial charge < -0.3 is 9.84 Å². The number of halogens is 1. The third-order valence-corrected chi connectivity index (χ3v) is 5.38. The van der Waals surface area contributed by atoms with E-state index in [2.05, 4.69) is 0 Å². The largest absolute Gasteiger partial charge is 0.495 e. The van der Waals surface area contributed by atoms with E-state index < -0.39 is 10.0 Å². The van der Waals surface area contributed by atoms with Crippen molar-refractivity contribution in [3.8, 4) is 5.75 Å². The molecule has 1 N–H and O–H groups in total. The minimum absolute atomic E-state index is 0.0105. The van der Waals surface area contributed by atoms with Gasteiger partial charge in [-0.25, -0.2) is 8.42 Å². The Bertz CT molecular complexity index is 587. The van der Waals surface area contributed by atoms with Crippen LogP contribution in [0.1, 0.15) is 32.8 Å². The molecule has 0 amide bonds. The van der Waals surface area contributed by atoms with E-state index in [0.29, 0.717) is 18.5 Å². The molecule has 5 nitrogen and oxygen atoms in total. The van der Waals surface area contributed by atoms with Crippen LogP contribution in [0.4, 0.5) is 0 Å². The fraction of sp³-hybridized carbons (Fsp3) is 0.571. The molecule has 21 heavy (non-hydrogen) atoms. The maximum Gasteiger partial charge on any atom is 0.247 e. The van der Waals surface area contributed by atoms with E-state index in [1.54, 1.807) is 0 Å². The van der Waals surface area contributed by atoms with Gasteiger partial charge in [0.2, 0.25) is 10.0 Å². The molecule has 0 aliphatic carbocycles. The lowest BCUT2D eigenvalue weighted by molar-refractivity contribution is 0.272. The lowest BCUT2D eigenvalue weighted by Crippen LogP contribution is -2.37. The fourth-order valence-electron chi connectivity index (χ4n) is 2.17. The Hall–Kier alpha value is -0.820. The van der Waals surface area contributed by atoms with Crippen molar-refractivity contribution in [3.63, 3.8) is 0 Å². The van der Waals surface area contributed by atoms with Gasteiger partial charge in [0.1, 0.15) is 10.6 Å². The van der Waals surface area contributed by atoms with Crippen LogP contribution in [0.2, 0.25) is 5.02 Å². The Balaban J connectivity index is 3.52. The van der Waals surface area contributed by atoms with Gasteiger partial charge in [-0.15, -0.1) is 0 Å². The third kappa shape index (κ3) is 3.88. The van der Waals surface area contributed by atoms with E-state index in [4.69, 9.17) is 16.3 Å². The van der Waals surface area contributed by atoms with Gasteiger partial charge in [0.15, 0.2) is 0 Å². The SMILES string of the molecule is CCCN(C(C)C)S(=O)(=O)c1cc(Cl)cc(CO)c1OC. The van der Waals surface area contributed by atoms with Crippen LogP contribution in [0, 0.1) is 0 Å².